The SMILES string of the molecule is CCn1nnc2c(NCc3cccc(OC)c3O)nc(NC3CCCCC3N)nc21. The quantitative estimate of drug-likeness (QED) is 0.460. The molecule has 1 fully saturated rings. The molecule has 2 heterocycles. The summed E-state index contributed by atoms with van der Waals surface area (Å²) in [5, 5.41) is 25.5. The third kappa shape index (κ3) is 3.95. The fourth-order valence-corrected chi connectivity index (χ4v) is 3.82. The molecule has 0 aliphatic heterocycles. The average molecular weight is 412 g/mol. The van der Waals surface area contributed by atoms with Crippen LogP contribution in [0.2, 0.25) is 0 Å². The van der Waals surface area contributed by atoms with Crippen LogP contribution in [0, 0.1) is 0 Å². The van der Waals surface area contributed by atoms with Crippen molar-refractivity contribution in [2.75, 3.05) is 17.7 Å². The Morgan fingerprint density at radius 3 is 2.87 bits per heavy atom. The van der Waals surface area contributed by atoms with Gasteiger partial charge < -0.3 is 26.2 Å². The summed E-state index contributed by atoms with van der Waals surface area (Å²) >= 11 is 0. The Balaban J connectivity index is 1.63. The Labute approximate surface area is 174 Å². The van der Waals surface area contributed by atoms with E-state index in [0.717, 1.165) is 25.7 Å². The lowest BCUT2D eigenvalue weighted by Crippen LogP contribution is -2.43. The van der Waals surface area contributed by atoms with Gasteiger partial charge in [-0.05, 0) is 25.8 Å². The summed E-state index contributed by atoms with van der Waals surface area (Å²) in [6.07, 6.45) is 4.29. The lowest BCUT2D eigenvalue weighted by atomic mass is 9.91. The largest absolute Gasteiger partial charge is 0.504 e. The highest BCUT2D eigenvalue weighted by Crippen LogP contribution is 2.30. The minimum atomic E-state index is 0.0809. The predicted molar refractivity (Wildman–Crippen MR) is 115 cm³/mol. The number of methoxy groups -OCH3 is 1. The van der Waals surface area contributed by atoms with Crippen LogP contribution in [0.15, 0.2) is 18.2 Å². The number of hydrogen-bond donors (Lipinski definition) is 4. The Hall–Kier alpha value is -3.14. The maximum Gasteiger partial charge on any atom is 0.227 e. The van der Waals surface area contributed by atoms with Crippen molar-refractivity contribution < 1.29 is 9.84 Å². The second kappa shape index (κ2) is 8.70. The minimum absolute atomic E-state index is 0.0809. The van der Waals surface area contributed by atoms with E-state index in [1.165, 1.54) is 7.11 Å². The minimum Gasteiger partial charge on any atom is -0.504 e. The summed E-state index contributed by atoms with van der Waals surface area (Å²) in [4.78, 5) is 9.29. The fraction of sp³-hybridized carbons (Fsp3) is 0.500. The van der Waals surface area contributed by atoms with Crippen LogP contribution in [-0.4, -0.2) is 49.3 Å². The first-order chi connectivity index (χ1) is 14.6. The summed E-state index contributed by atoms with van der Waals surface area (Å²) in [6.45, 7) is 2.98. The molecule has 2 aromatic heterocycles. The number of fused-ring (bicyclic) bond motifs is 1. The van der Waals surface area contributed by atoms with Crippen LogP contribution in [0.5, 0.6) is 11.5 Å². The number of hydrogen-bond acceptors (Lipinski definition) is 9. The van der Waals surface area contributed by atoms with Gasteiger partial charge >= 0.3 is 0 Å². The molecule has 0 amide bonds. The Kier molecular flexibility index (Phi) is 5.84. The number of aromatic nitrogens is 5. The van der Waals surface area contributed by atoms with Gasteiger partial charge in [-0.3, -0.25) is 0 Å². The van der Waals surface area contributed by atoms with Gasteiger partial charge in [0.2, 0.25) is 5.95 Å². The lowest BCUT2D eigenvalue weighted by Gasteiger charge is -2.29. The van der Waals surface area contributed by atoms with Crippen molar-refractivity contribution in [3.8, 4) is 11.5 Å². The van der Waals surface area contributed by atoms with E-state index in [1.54, 1.807) is 10.7 Å². The molecule has 3 aromatic rings. The summed E-state index contributed by atoms with van der Waals surface area (Å²) in [5.74, 6) is 1.57. The molecule has 30 heavy (non-hydrogen) atoms. The van der Waals surface area contributed by atoms with Gasteiger partial charge in [-0.1, -0.05) is 30.2 Å². The topological polar surface area (TPSA) is 136 Å². The molecule has 160 valence electrons. The summed E-state index contributed by atoms with van der Waals surface area (Å²) < 4.78 is 6.92. The van der Waals surface area contributed by atoms with Crippen LogP contribution in [0.4, 0.5) is 11.8 Å². The Morgan fingerprint density at radius 2 is 2.10 bits per heavy atom. The van der Waals surface area contributed by atoms with Gasteiger partial charge in [-0.2, -0.15) is 9.97 Å². The van der Waals surface area contributed by atoms with Crippen LogP contribution in [-0.2, 0) is 13.1 Å². The monoisotopic (exact) mass is 412 g/mol. The van der Waals surface area contributed by atoms with Crippen molar-refractivity contribution in [1.82, 2.24) is 25.0 Å². The number of anilines is 2. The van der Waals surface area contributed by atoms with Gasteiger partial charge in [0, 0.05) is 30.7 Å². The van der Waals surface area contributed by atoms with E-state index in [-0.39, 0.29) is 17.8 Å². The molecule has 0 radical (unpaired) electrons. The first kappa shape index (κ1) is 20.1. The molecule has 5 N–H and O–H groups in total. The fourth-order valence-electron chi connectivity index (χ4n) is 3.82. The number of benzene rings is 1. The van der Waals surface area contributed by atoms with E-state index >= 15 is 0 Å². The molecule has 4 rings (SSSR count). The molecule has 2 atom stereocenters. The van der Waals surface area contributed by atoms with Gasteiger partial charge in [0.15, 0.2) is 28.5 Å². The number of nitrogens with zero attached hydrogens (tertiary/aromatic N) is 5. The van der Waals surface area contributed by atoms with Crippen LogP contribution < -0.4 is 21.1 Å². The van der Waals surface area contributed by atoms with E-state index in [1.807, 2.05) is 19.1 Å². The van der Waals surface area contributed by atoms with Crippen molar-refractivity contribution in [3.63, 3.8) is 0 Å². The van der Waals surface area contributed by atoms with Crippen LogP contribution >= 0.6 is 0 Å². The third-order valence-electron chi connectivity index (χ3n) is 5.54. The van der Waals surface area contributed by atoms with Gasteiger partial charge in [-0.15, -0.1) is 5.10 Å². The number of nitrogens with two attached hydrogens (primary N) is 1. The molecule has 1 saturated carbocycles. The Bertz CT molecular complexity index is 1020. The van der Waals surface area contributed by atoms with Crippen LogP contribution in [0.1, 0.15) is 38.2 Å². The zero-order valence-corrected chi connectivity index (χ0v) is 17.3. The summed E-state index contributed by atoms with van der Waals surface area (Å²) in [5.41, 5.74) is 8.21. The highest BCUT2D eigenvalue weighted by molar-refractivity contribution is 5.83. The smallest absolute Gasteiger partial charge is 0.227 e. The van der Waals surface area contributed by atoms with Crippen molar-refractivity contribution in [2.24, 2.45) is 5.73 Å². The summed E-state index contributed by atoms with van der Waals surface area (Å²) in [7, 11) is 1.52. The highest BCUT2D eigenvalue weighted by Gasteiger charge is 2.23. The van der Waals surface area contributed by atoms with E-state index in [0.29, 0.717) is 47.3 Å². The van der Waals surface area contributed by atoms with Crippen LogP contribution in [0.3, 0.4) is 0 Å². The number of rotatable bonds is 7. The number of para-hydroxylation sites is 1. The number of phenolic OH excluding ortho intramolecular Hbond substituents is 1. The number of phenols is 1. The van der Waals surface area contributed by atoms with Crippen LogP contribution in [0.25, 0.3) is 11.2 Å². The first-order valence-electron chi connectivity index (χ1n) is 10.3. The second-order valence-electron chi connectivity index (χ2n) is 7.49. The van der Waals surface area contributed by atoms with E-state index in [9.17, 15) is 5.11 Å². The van der Waals surface area contributed by atoms with E-state index in [4.69, 9.17) is 10.5 Å². The number of ether oxygens (including phenoxy) is 1. The maximum atomic E-state index is 10.4. The average Bonchev–Trinajstić information content (AvgIpc) is 3.17. The van der Waals surface area contributed by atoms with Gasteiger partial charge in [0.25, 0.3) is 0 Å². The lowest BCUT2D eigenvalue weighted by molar-refractivity contribution is 0.371. The zero-order chi connectivity index (χ0) is 21.1. The molecule has 10 nitrogen and oxygen atoms in total. The standard InChI is InChI=1S/C20H28N8O2/c1-3-28-19-16(26-27-28)18(22-11-12-7-6-10-15(30-2)17(12)29)24-20(25-19)23-14-9-5-4-8-13(14)21/h6-7,10,13-14,29H,3-5,8-9,11,21H2,1-2H3,(H2,22,23,24,25). The van der Waals surface area contributed by atoms with E-state index in [2.05, 4.69) is 30.9 Å². The molecular weight excluding hydrogens is 384 g/mol. The molecule has 0 bridgehead atoms. The maximum absolute atomic E-state index is 10.4. The van der Waals surface area contributed by atoms with Crippen molar-refractivity contribution >= 4 is 22.9 Å². The van der Waals surface area contributed by atoms with Gasteiger partial charge in [0.1, 0.15) is 0 Å². The first-order valence-corrected chi connectivity index (χ1v) is 10.3. The molecule has 2 unspecified atom stereocenters. The number of nitrogens with one attached hydrogen (secondary N) is 2. The molecule has 1 aliphatic carbocycles. The molecular formula is C20H28N8O2. The second-order valence-corrected chi connectivity index (χ2v) is 7.49. The molecule has 10 heteroatoms. The van der Waals surface area contributed by atoms with Crippen molar-refractivity contribution in [1.29, 1.82) is 0 Å². The molecule has 1 aromatic carbocycles. The number of aryl methyl sites for hydroxylation is 1. The molecule has 0 saturated heterocycles. The highest BCUT2D eigenvalue weighted by atomic mass is 16.5. The Morgan fingerprint density at radius 1 is 1.27 bits per heavy atom. The predicted octanol–water partition coefficient (Wildman–Crippen LogP) is 2.25. The normalized spacial score (nSPS) is 19.0. The molecule has 0 spiro atoms. The summed E-state index contributed by atoms with van der Waals surface area (Å²) in [6, 6.07) is 5.58. The van der Waals surface area contributed by atoms with Gasteiger partial charge in [0.05, 0.1) is 7.11 Å². The van der Waals surface area contributed by atoms with Crippen molar-refractivity contribution in [3.05, 3.63) is 23.8 Å². The molecule has 1 aliphatic rings. The van der Waals surface area contributed by atoms with E-state index < -0.39 is 0 Å². The zero-order valence-electron chi connectivity index (χ0n) is 17.3. The third-order valence-corrected chi connectivity index (χ3v) is 5.54. The number of aromatic hydroxyl groups is 1. The van der Waals surface area contributed by atoms with Gasteiger partial charge in [-0.25, -0.2) is 4.68 Å². The van der Waals surface area contributed by atoms with Crippen molar-refractivity contribution in [2.45, 2.75) is 57.8 Å².